The van der Waals surface area contributed by atoms with Crippen LogP contribution in [0.3, 0.4) is 0 Å². The molecule has 0 saturated carbocycles. The molecule has 1 aromatic carbocycles. The summed E-state index contributed by atoms with van der Waals surface area (Å²) < 4.78 is 10.7. The van der Waals surface area contributed by atoms with Crippen LogP contribution in [0.1, 0.15) is 19.4 Å². The minimum absolute atomic E-state index is 0.204. The summed E-state index contributed by atoms with van der Waals surface area (Å²) in [5.41, 5.74) is 0.618. The van der Waals surface area contributed by atoms with Crippen LogP contribution in [0.2, 0.25) is 5.02 Å². The van der Waals surface area contributed by atoms with Crippen molar-refractivity contribution in [3.8, 4) is 5.75 Å². The quantitative estimate of drug-likeness (QED) is 0.499. The van der Waals surface area contributed by atoms with E-state index in [0.717, 1.165) is 16.7 Å². The van der Waals surface area contributed by atoms with Gasteiger partial charge in [0.15, 0.2) is 5.75 Å². The fourth-order valence-electron chi connectivity index (χ4n) is 2.07. The van der Waals surface area contributed by atoms with E-state index >= 15 is 0 Å². The summed E-state index contributed by atoms with van der Waals surface area (Å²) in [6.45, 7) is 2.97. The number of rotatable bonds is 5. The molecule has 0 aliphatic carbocycles. The van der Waals surface area contributed by atoms with Gasteiger partial charge in [0.25, 0.3) is 11.1 Å². The summed E-state index contributed by atoms with van der Waals surface area (Å²) in [6.07, 6.45) is 1.22. The van der Waals surface area contributed by atoms with Gasteiger partial charge in [0.2, 0.25) is 0 Å². The van der Waals surface area contributed by atoms with Crippen LogP contribution < -0.4 is 4.74 Å². The van der Waals surface area contributed by atoms with Crippen LogP contribution in [0.4, 0.5) is 4.79 Å². The molecule has 6 nitrogen and oxygen atoms in total. The first-order valence-electron chi connectivity index (χ1n) is 7.20. The first-order chi connectivity index (χ1) is 11.7. The van der Waals surface area contributed by atoms with Crippen molar-refractivity contribution in [2.75, 3.05) is 13.7 Å². The molecule has 1 fully saturated rings. The van der Waals surface area contributed by atoms with Gasteiger partial charge in [-0.2, -0.15) is 0 Å². The van der Waals surface area contributed by atoms with E-state index in [0.29, 0.717) is 20.8 Å². The van der Waals surface area contributed by atoms with E-state index in [1.165, 1.54) is 13.2 Å². The highest BCUT2D eigenvalue weighted by atomic mass is 79.9. The summed E-state index contributed by atoms with van der Waals surface area (Å²) >= 11 is 10.2. The Morgan fingerprint density at radius 1 is 1.40 bits per heavy atom. The Labute approximate surface area is 162 Å². The normalized spacial score (nSPS) is 16.1. The summed E-state index contributed by atoms with van der Waals surface area (Å²) in [6, 6.07) is 3.33. The molecular weight excluding hydrogens is 434 g/mol. The van der Waals surface area contributed by atoms with Crippen molar-refractivity contribution >= 4 is 62.5 Å². The second-order valence-electron chi connectivity index (χ2n) is 5.32. The summed E-state index contributed by atoms with van der Waals surface area (Å²) in [5, 5.41) is -0.154. The van der Waals surface area contributed by atoms with Gasteiger partial charge in [-0.05, 0) is 65.3 Å². The largest absolute Gasteiger partial charge is 0.494 e. The van der Waals surface area contributed by atoms with Crippen LogP contribution >= 0.6 is 39.3 Å². The van der Waals surface area contributed by atoms with E-state index in [-0.39, 0.29) is 11.0 Å². The highest BCUT2D eigenvalue weighted by molar-refractivity contribution is 9.10. The maximum absolute atomic E-state index is 12.4. The number of benzene rings is 1. The topological polar surface area (TPSA) is 72.9 Å². The Kier molecular flexibility index (Phi) is 6.53. The number of amides is 2. The van der Waals surface area contributed by atoms with Crippen molar-refractivity contribution < 1.29 is 23.9 Å². The molecular formula is C16H15BrClNO5S. The number of hydrogen-bond acceptors (Lipinski definition) is 6. The lowest BCUT2D eigenvalue weighted by Crippen LogP contribution is -2.35. The predicted molar refractivity (Wildman–Crippen MR) is 99.6 cm³/mol. The zero-order valence-electron chi connectivity index (χ0n) is 13.7. The second-order valence-corrected chi connectivity index (χ2v) is 7.58. The van der Waals surface area contributed by atoms with Crippen molar-refractivity contribution in [3.63, 3.8) is 0 Å². The van der Waals surface area contributed by atoms with Gasteiger partial charge in [0, 0.05) is 0 Å². The van der Waals surface area contributed by atoms with Gasteiger partial charge in [-0.15, -0.1) is 0 Å². The van der Waals surface area contributed by atoms with E-state index < -0.39 is 23.7 Å². The second kappa shape index (κ2) is 8.25. The molecule has 134 valence electrons. The highest BCUT2D eigenvalue weighted by Crippen LogP contribution is 2.37. The van der Waals surface area contributed by atoms with Crippen molar-refractivity contribution in [1.82, 2.24) is 4.90 Å². The lowest BCUT2D eigenvalue weighted by atomic mass is 10.2. The van der Waals surface area contributed by atoms with E-state index in [4.69, 9.17) is 21.1 Å². The van der Waals surface area contributed by atoms with Crippen molar-refractivity contribution in [2.45, 2.75) is 20.0 Å². The molecule has 0 spiro atoms. The van der Waals surface area contributed by atoms with E-state index in [2.05, 4.69) is 15.9 Å². The number of halogens is 2. The smallest absolute Gasteiger partial charge is 0.326 e. The average molecular weight is 449 g/mol. The number of imide groups is 1. The molecule has 2 rings (SSSR count). The molecule has 1 saturated heterocycles. The molecule has 25 heavy (non-hydrogen) atoms. The van der Waals surface area contributed by atoms with Gasteiger partial charge in [0.05, 0.1) is 27.6 Å². The number of carbonyl (C=O) groups is 3. The Morgan fingerprint density at radius 2 is 2.08 bits per heavy atom. The van der Waals surface area contributed by atoms with Gasteiger partial charge >= 0.3 is 5.97 Å². The predicted octanol–water partition coefficient (Wildman–Crippen LogP) is 4.10. The zero-order chi connectivity index (χ0) is 18.7. The lowest BCUT2D eigenvalue weighted by Gasteiger charge is -2.13. The van der Waals surface area contributed by atoms with Gasteiger partial charge in [-0.25, -0.2) is 0 Å². The first kappa shape index (κ1) is 19.8. The van der Waals surface area contributed by atoms with Crippen molar-refractivity contribution in [3.05, 3.63) is 32.1 Å². The SMILES string of the molecule is COc1c(Cl)cc(/C=C2/SC(=O)N(CC(=O)OC(C)C)C2=O)cc1Br. The monoisotopic (exact) mass is 447 g/mol. The van der Waals surface area contributed by atoms with Crippen molar-refractivity contribution in [1.29, 1.82) is 0 Å². The molecule has 0 radical (unpaired) electrons. The first-order valence-corrected chi connectivity index (χ1v) is 9.19. The van der Waals surface area contributed by atoms with Gasteiger partial charge in [-0.1, -0.05) is 11.6 Å². The van der Waals surface area contributed by atoms with Crippen LogP contribution in [0, 0.1) is 0 Å². The highest BCUT2D eigenvalue weighted by Gasteiger charge is 2.36. The number of thioether (sulfide) groups is 1. The number of nitrogens with zero attached hydrogens (tertiary/aromatic N) is 1. The molecule has 1 aliphatic heterocycles. The third kappa shape index (κ3) is 4.77. The van der Waals surface area contributed by atoms with Crippen LogP contribution in [0.15, 0.2) is 21.5 Å². The minimum Gasteiger partial charge on any atom is -0.494 e. The zero-order valence-corrected chi connectivity index (χ0v) is 16.8. The van der Waals surface area contributed by atoms with Crippen molar-refractivity contribution in [2.24, 2.45) is 0 Å². The standard InChI is InChI=1S/C16H15BrClNO5S/c1-8(2)24-13(20)7-19-15(21)12(25-16(19)22)6-9-4-10(17)14(23-3)11(18)5-9/h4-6,8H,7H2,1-3H3/b12-6+. The van der Waals surface area contributed by atoms with Crippen LogP contribution in [-0.2, 0) is 14.3 Å². The Morgan fingerprint density at radius 3 is 2.64 bits per heavy atom. The third-order valence-corrected chi connectivity index (χ3v) is 4.83. The molecule has 0 atom stereocenters. The molecule has 2 amide bonds. The molecule has 1 aromatic rings. The van der Waals surface area contributed by atoms with Gasteiger partial charge < -0.3 is 9.47 Å². The maximum Gasteiger partial charge on any atom is 0.326 e. The number of ether oxygens (including phenoxy) is 2. The molecule has 0 aromatic heterocycles. The molecule has 0 unspecified atom stereocenters. The van der Waals surface area contributed by atoms with E-state index in [1.54, 1.807) is 26.0 Å². The Balaban J connectivity index is 2.21. The van der Waals surface area contributed by atoms with Crippen LogP contribution in [-0.4, -0.2) is 41.8 Å². The van der Waals surface area contributed by atoms with Crippen LogP contribution in [0.5, 0.6) is 5.75 Å². The fraction of sp³-hybridized carbons (Fsp3) is 0.312. The molecule has 1 heterocycles. The van der Waals surface area contributed by atoms with Gasteiger partial charge in [-0.3, -0.25) is 19.3 Å². The summed E-state index contributed by atoms with van der Waals surface area (Å²) in [7, 11) is 1.49. The minimum atomic E-state index is -0.631. The van der Waals surface area contributed by atoms with Gasteiger partial charge in [0.1, 0.15) is 6.54 Å². The molecule has 0 N–H and O–H groups in total. The number of hydrogen-bond donors (Lipinski definition) is 0. The van der Waals surface area contributed by atoms with Crippen LogP contribution in [0.25, 0.3) is 6.08 Å². The fourth-order valence-corrected chi connectivity index (χ4v) is 3.97. The number of carbonyl (C=O) groups excluding carboxylic acids is 3. The summed E-state index contributed by atoms with van der Waals surface area (Å²) in [4.78, 5) is 37.1. The molecule has 9 heteroatoms. The Bertz CT molecular complexity index is 742. The molecule has 1 aliphatic rings. The number of methoxy groups -OCH3 is 1. The lowest BCUT2D eigenvalue weighted by molar-refractivity contribution is -0.149. The third-order valence-electron chi connectivity index (χ3n) is 3.05. The maximum atomic E-state index is 12.4. The Hall–Kier alpha value is -1.51. The average Bonchev–Trinajstić information content (AvgIpc) is 2.74. The molecule has 0 bridgehead atoms. The summed E-state index contributed by atoms with van der Waals surface area (Å²) in [5.74, 6) is -0.698. The van der Waals surface area contributed by atoms with E-state index in [1.807, 2.05) is 0 Å². The van der Waals surface area contributed by atoms with E-state index in [9.17, 15) is 14.4 Å². The number of esters is 1.